The Hall–Kier alpha value is -1.11. The van der Waals surface area contributed by atoms with Gasteiger partial charge in [-0.05, 0) is 12.0 Å². The van der Waals surface area contributed by atoms with E-state index in [4.69, 9.17) is 0 Å². The molecule has 0 atom stereocenters. The molecule has 0 spiro atoms. The first-order chi connectivity index (χ1) is 4.93. The Balaban J connectivity index is 2.59. The molecule has 10 heavy (non-hydrogen) atoms. The number of halogens is 1. The van der Waals surface area contributed by atoms with Crippen LogP contribution < -0.4 is 0 Å². The molecule has 52 valence electrons. The predicted molar refractivity (Wildman–Crippen MR) is 40.4 cm³/mol. The minimum absolute atomic E-state index is 0.576. The van der Waals surface area contributed by atoms with Crippen molar-refractivity contribution < 1.29 is 4.39 Å². The Morgan fingerprint density at radius 3 is 2.50 bits per heavy atom. The summed E-state index contributed by atoms with van der Waals surface area (Å²) in [5.74, 6) is 0. The Morgan fingerprint density at radius 2 is 1.90 bits per heavy atom. The lowest BCUT2D eigenvalue weighted by atomic mass is 10.2. The quantitative estimate of drug-likeness (QED) is 0.586. The Kier molecular flexibility index (Phi) is 2.68. The lowest BCUT2D eigenvalue weighted by molar-refractivity contribution is 0.716. The second-order valence-corrected chi connectivity index (χ2v) is 2.05. The SMILES string of the molecule is F/C=C/Cc1ccccc1. The highest BCUT2D eigenvalue weighted by molar-refractivity contribution is 5.16. The van der Waals surface area contributed by atoms with Crippen molar-refractivity contribution in [2.75, 3.05) is 0 Å². The van der Waals surface area contributed by atoms with Crippen molar-refractivity contribution in [2.45, 2.75) is 6.42 Å². The minimum atomic E-state index is 0.576. The van der Waals surface area contributed by atoms with Crippen LogP contribution in [-0.2, 0) is 6.42 Å². The normalized spacial score (nSPS) is 10.5. The van der Waals surface area contributed by atoms with Crippen LogP contribution >= 0.6 is 0 Å². The van der Waals surface area contributed by atoms with Crippen LogP contribution in [0.3, 0.4) is 0 Å². The van der Waals surface area contributed by atoms with Gasteiger partial charge in [0, 0.05) is 0 Å². The third-order valence-electron chi connectivity index (χ3n) is 1.29. The molecule has 1 aromatic rings. The molecule has 0 heterocycles. The molecule has 0 N–H and O–H groups in total. The zero-order chi connectivity index (χ0) is 7.23. The Labute approximate surface area is 60.0 Å². The van der Waals surface area contributed by atoms with E-state index in [1.165, 1.54) is 6.08 Å². The molecule has 0 aliphatic heterocycles. The molecular formula is C9H9F. The van der Waals surface area contributed by atoms with Crippen LogP contribution in [0.4, 0.5) is 4.39 Å². The second kappa shape index (κ2) is 3.83. The monoisotopic (exact) mass is 136 g/mol. The van der Waals surface area contributed by atoms with Gasteiger partial charge in [-0.25, -0.2) is 4.39 Å². The van der Waals surface area contributed by atoms with E-state index in [1.54, 1.807) is 0 Å². The number of allylic oxidation sites excluding steroid dienone is 1. The zero-order valence-corrected chi connectivity index (χ0v) is 5.63. The molecule has 1 aromatic carbocycles. The summed E-state index contributed by atoms with van der Waals surface area (Å²) in [6.07, 6.45) is 2.75. The van der Waals surface area contributed by atoms with Crippen LogP contribution in [-0.4, -0.2) is 0 Å². The van der Waals surface area contributed by atoms with Gasteiger partial charge in [0.05, 0.1) is 6.33 Å². The summed E-state index contributed by atoms with van der Waals surface area (Å²) in [5, 5.41) is 0. The molecule has 0 unspecified atom stereocenters. The molecular weight excluding hydrogens is 127 g/mol. The van der Waals surface area contributed by atoms with Crippen molar-refractivity contribution >= 4 is 0 Å². The van der Waals surface area contributed by atoms with E-state index in [-0.39, 0.29) is 0 Å². The molecule has 0 aliphatic carbocycles. The molecule has 0 nitrogen and oxygen atoms in total. The summed E-state index contributed by atoms with van der Waals surface area (Å²) >= 11 is 0. The van der Waals surface area contributed by atoms with Crippen LogP contribution in [0, 0.1) is 0 Å². The highest BCUT2D eigenvalue weighted by atomic mass is 19.1. The van der Waals surface area contributed by atoms with E-state index in [0.29, 0.717) is 12.8 Å². The van der Waals surface area contributed by atoms with Crippen molar-refractivity contribution in [2.24, 2.45) is 0 Å². The van der Waals surface area contributed by atoms with Gasteiger partial charge in [-0.15, -0.1) is 0 Å². The molecule has 1 rings (SSSR count). The van der Waals surface area contributed by atoms with Gasteiger partial charge < -0.3 is 0 Å². The predicted octanol–water partition coefficient (Wildman–Crippen LogP) is 2.71. The van der Waals surface area contributed by atoms with Gasteiger partial charge in [-0.3, -0.25) is 0 Å². The third-order valence-corrected chi connectivity index (χ3v) is 1.29. The zero-order valence-electron chi connectivity index (χ0n) is 5.63. The second-order valence-electron chi connectivity index (χ2n) is 2.05. The molecule has 0 aromatic heterocycles. The summed E-state index contributed by atoms with van der Waals surface area (Å²) in [7, 11) is 0. The van der Waals surface area contributed by atoms with Gasteiger partial charge in [0.15, 0.2) is 0 Å². The number of rotatable bonds is 2. The van der Waals surface area contributed by atoms with E-state index in [1.807, 2.05) is 30.3 Å². The van der Waals surface area contributed by atoms with Crippen LogP contribution in [0.1, 0.15) is 5.56 Å². The van der Waals surface area contributed by atoms with Gasteiger partial charge >= 0.3 is 0 Å². The van der Waals surface area contributed by atoms with Crippen molar-refractivity contribution in [3.8, 4) is 0 Å². The van der Waals surface area contributed by atoms with Crippen molar-refractivity contribution in [1.29, 1.82) is 0 Å². The van der Waals surface area contributed by atoms with E-state index in [9.17, 15) is 4.39 Å². The smallest absolute Gasteiger partial charge is 0.0830 e. The lowest BCUT2D eigenvalue weighted by Crippen LogP contribution is -1.76. The van der Waals surface area contributed by atoms with Gasteiger partial charge in [-0.1, -0.05) is 36.4 Å². The van der Waals surface area contributed by atoms with Gasteiger partial charge in [0.2, 0.25) is 0 Å². The first kappa shape index (κ1) is 7.00. The first-order valence-corrected chi connectivity index (χ1v) is 3.22. The fourth-order valence-corrected chi connectivity index (χ4v) is 0.795. The molecule has 0 saturated carbocycles. The average molecular weight is 136 g/mol. The molecule has 0 amide bonds. The fourth-order valence-electron chi connectivity index (χ4n) is 0.795. The van der Waals surface area contributed by atoms with Crippen molar-refractivity contribution in [3.63, 3.8) is 0 Å². The van der Waals surface area contributed by atoms with Crippen LogP contribution in [0.5, 0.6) is 0 Å². The first-order valence-electron chi connectivity index (χ1n) is 3.22. The van der Waals surface area contributed by atoms with Crippen molar-refractivity contribution in [1.82, 2.24) is 0 Å². The number of benzene rings is 1. The van der Waals surface area contributed by atoms with E-state index in [2.05, 4.69) is 0 Å². The molecule has 1 heteroatoms. The van der Waals surface area contributed by atoms with Crippen molar-refractivity contribution in [3.05, 3.63) is 48.3 Å². The lowest BCUT2D eigenvalue weighted by Gasteiger charge is -1.91. The number of hydrogen-bond donors (Lipinski definition) is 0. The van der Waals surface area contributed by atoms with Gasteiger partial charge in [-0.2, -0.15) is 0 Å². The summed E-state index contributed by atoms with van der Waals surface area (Å²) < 4.78 is 11.5. The maximum atomic E-state index is 11.5. The van der Waals surface area contributed by atoms with Crippen LogP contribution in [0.15, 0.2) is 42.7 Å². The summed E-state index contributed by atoms with van der Waals surface area (Å²) in [4.78, 5) is 0. The summed E-state index contributed by atoms with van der Waals surface area (Å²) in [6.45, 7) is 0. The minimum Gasteiger partial charge on any atom is -0.216 e. The topological polar surface area (TPSA) is 0 Å². The third kappa shape index (κ3) is 2.02. The summed E-state index contributed by atoms with van der Waals surface area (Å²) in [5.41, 5.74) is 1.14. The molecule has 0 fully saturated rings. The van der Waals surface area contributed by atoms with E-state index >= 15 is 0 Å². The fraction of sp³-hybridized carbons (Fsp3) is 0.111. The Morgan fingerprint density at radius 1 is 1.20 bits per heavy atom. The molecule has 0 radical (unpaired) electrons. The number of hydrogen-bond acceptors (Lipinski definition) is 0. The van der Waals surface area contributed by atoms with E-state index in [0.717, 1.165) is 5.56 Å². The van der Waals surface area contributed by atoms with Gasteiger partial charge in [0.1, 0.15) is 0 Å². The Bertz CT molecular complexity index is 201. The molecule has 0 saturated heterocycles. The largest absolute Gasteiger partial charge is 0.216 e. The van der Waals surface area contributed by atoms with Crippen LogP contribution in [0.25, 0.3) is 0 Å². The maximum absolute atomic E-state index is 11.5. The maximum Gasteiger partial charge on any atom is 0.0830 e. The highest BCUT2D eigenvalue weighted by Gasteiger charge is 1.83. The van der Waals surface area contributed by atoms with E-state index < -0.39 is 0 Å². The van der Waals surface area contributed by atoms with Gasteiger partial charge in [0.25, 0.3) is 0 Å². The average Bonchev–Trinajstić information content (AvgIpc) is 2.03. The standard InChI is InChI=1S/C9H9F/c10-8-4-7-9-5-2-1-3-6-9/h1-6,8H,7H2/b8-4+. The summed E-state index contributed by atoms with van der Waals surface area (Å²) in [6, 6.07) is 9.78. The van der Waals surface area contributed by atoms with Crippen LogP contribution in [0.2, 0.25) is 0 Å². The highest BCUT2D eigenvalue weighted by Crippen LogP contribution is 1.99. The molecule has 0 bridgehead atoms. The molecule has 0 aliphatic rings.